The number of hydrogen-bond donors (Lipinski definition) is 1. The number of thiophene rings is 1. The van der Waals surface area contributed by atoms with Gasteiger partial charge in [-0.15, -0.1) is 11.3 Å². The van der Waals surface area contributed by atoms with Crippen LogP contribution in [0.1, 0.15) is 29.7 Å². The van der Waals surface area contributed by atoms with Crippen molar-refractivity contribution in [3.63, 3.8) is 0 Å². The molecule has 0 saturated heterocycles. The van der Waals surface area contributed by atoms with Crippen LogP contribution in [-0.4, -0.2) is 25.6 Å². The van der Waals surface area contributed by atoms with Crippen molar-refractivity contribution < 1.29 is 9.90 Å². The van der Waals surface area contributed by atoms with Crippen molar-refractivity contribution in [3.05, 3.63) is 45.2 Å². The Labute approximate surface area is 147 Å². The predicted molar refractivity (Wildman–Crippen MR) is 96.0 cm³/mol. The van der Waals surface area contributed by atoms with Crippen LogP contribution in [0.25, 0.3) is 21.7 Å². The molecule has 0 atom stereocenters. The summed E-state index contributed by atoms with van der Waals surface area (Å²) in [6.07, 6.45) is 5.08. The average Bonchev–Trinajstić information content (AvgIpc) is 3.17. The van der Waals surface area contributed by atoms with Crippen molar-refractivity contribution in [3.8, 4) is 11.5 Å². The molecule has 0 saturated carbocycles. The first kappa shape index (κ1) is 16.0. The van der Waals surface area contributed by atoms with Gasteiger partial charge in [-0.3, -0.25) is 19.1 Å². The number of nitrogens with zero attached hydrogens (tertiary/aromatic N) is 3. The van der Waals surface area contributed by atoms with E-state index in [1.54, 1.807) is 22.1 Å². The summed E-state index contributed by atoms with van der Waals surface area (Å²) in [7, 11) is 0. The van der Waals surface area contributed by atoms with E-state index in [9.17, 15) is 9.59 Å². The highest BCUT2D eigenvalue weighted by atomic mass is 32.1. The van der Waals surface area contributed by atoms with Crippen molar-refractivity contribution in [1.82, 2.24) is 14.5 Å². The molecule has 0 aliphatic heterocycles. The second kappa shape index (κ2) is 6.40. The van der Waals surface area contributed by atoms with Crippen LogP contribution >= 0.6 is 11.3 Å². The van der Waals surface area contributed by atoms with Crippen LogP contribution < -0.4 is 5.56 Å². The number of fused-ring (bicyclic) bond motifs is 3. The number of pyridine rings is 1. The molecule has 0 amide bonds. The van der Waals surface area contributed by atoms with Gasteiger partial charge >= 0.3 is 5.97 Å². The maximum absolute atomic E-state index is 13.2. The number of carboxylic acids is 1. The largest absolute Gasteiger partial charge is 0.481 e. The van der Waals surface area contributed by atoms with Crippen LogP contribution in [0, 0.1) is 0 Å². The number of carboxylic acid groups (broad SMARTS) is 1. The van der Waals surface area contributed by atoms with Gasteiger partial charge in [-0.2, -0.15) is 0 Å². The monoisotopic (exact) mass is 355 g/mol. The van der Waals surface area contributed by atoms with E-state index < -0.39 is 5.97 Å². The fourth-order valence-corrected chi connectivity index (χ4v) is 4.62. The lowest BCUT2D eigenvalue weighted by molar-refractivity contribution is -0.137. The fraction of sp³-hybridized carbons (Fsp3) is 0.333. The van der Waals surface area contributed by atoms with Gasteiger partial charge in [0.15, 0.2) is 5.82 Å². The standard InChI is InChI=1S/C18H17N3O3S/c22-14(23)8-4-10-21-16(12-6-1-2-9-19-12)20-17-15(18(21)24)11-5-3-7-13(11)25-17/h1-2,6,9H,3-5,7-8,10H2,(H,22,23). The summed E-state index contributed by atoms with van der Waals surface area (Å²) in [5.41, 5.74) is 1.69. The van der Waals surface area contributed by atoms with Crippen LogP contribution in [0.5, 0.6) is 0 Å². The molecule has 3 aromatic rings. The molecule has 1 N–H and O–H groups in total. The highest BCUT2D eigenvalue weighted by Gasteiger charge is 2.23. The zero-order valence-electron chi connectivity index (χ0n) is 13.6. The molecule has 0 radical (unpaired) electrons. The molecule has 128 valence electrons. The van der Waals surface area contributed by atoms with E-state index in [1.807, 2.05) is 18.2 Å². The minimum absolute atomic E-state index is 0.0217. The molecule has 0 unspecified atom stereocenters. The van der Waals surface area contributed by atoms with E-state index in [-0.39, 0.29) is 12.0 Å². The summed E-state index contributed by atoms with van der Waals surface area (Å²) in [5.74, 6) is -0.346. The first-order valence-electron chi connectivity index (χ1n) is 8.33. The third kappa shape index (κ3) is 2.84. The van der Waals surface area contributed by atoms with Crippen molar-refractivity contribution in [2.45, 2.75) is 38.6 Å². The second-order valence-electron chi connectivity index (χ2n) is 6.14. The highest BCUT2D eigenvalue weighted by Crippen LogP contribution is 2.35. The molecule has 25 heavy (non-hydrogen) atoms. The fourth-order valence-electron chi connectivity index (χ4n) is 3.36. The van der Waals surface area contributed by atoms with Crippen molar-refractivity contribution >= 4 is 27.5 Å². The van der Waals surface area contributed by atoms with E-state index in [0.717, 1.165) is 29.7 Å². The lowest BCUT2D eigenvalue weighted by Gasteiger charge is -2.12. The Bertz CT molecular complexity index is 1010. The molecule has 0 aromatic carbocycles. The minimum atomic E-state index is -0.863. The maximum Gasteiger partial charge on any atom is 0.303 e. The third-order valence-corrected chi connectivity index (χ3v) is 5.68. The molecule has 3 heterocycles. The van der Waals surface area contributed by atoms with Crippen molar-refractivity contribution in [2.75, 3.05) is 0 Å². The molecule has 1 aliphatic carbocycles. The first-order chi connectivity index (χ1) is 12.1. The van der Waals surface area contributed by atoms with Gasteiger partial charge in [0, 0.05) is 24.0 Å². The molecule has 1 aliphatic rings. The lowest BCUT2D eigenvalue weighted by Crippen LogP contribution is -2.24. The zero-order chi connectivity index (χ0) is 17.4. The van der Waals surface area contributed by atoms with Gasteiger partial charge in [-0.25, -0.2) is 4.98 Å². The Morgan fingerprint density at radius 3 is 2.96 bits per heavy atom. The molecule has 0 fully saturated rings. The first-order valence-corrected chi connectivity index (χ1v) is 9.15. The second-order valence-corrected chi connectivity index (χ2v) is 7.23. The SMILES string of the molecule is O=C(O)CCCn1c(-c2ccccn2)nc2sc3c(c2c1=O)CCC3. The van der Waals surface area contributed by atoms with Crippen LogP contribution in [-0.2, 0) is 24.2 Å². The van der Waals surface area contributed by atoms with Gasteiger partial charge in [0.2, 0.25) is 0 Å². The Morgan fingerprint density at radius 2 is 2.20 bits per heavy atom. The van der Waals surface area contributed by atoms with E-state index in [1.165, 1.54) is 4.88 Å². The molecule has 0 spiro atoms. The summed E-state index contributed by atoms with van der Waals surface area (Å²) < 4.78 is 1.60. The number of aryl methyl sites for hydroxylation is 2. The van der Waals surface area contributed by atoms with Crippen molar-refractivity contribution in [2.24, 2.45) is 0 Å². The van der Waals surface area contributed by atoms with Gasteiger partial charge in [0.1, 0.15) is 10.5 Å². The number of aliphatic carboxylic acids is 1. The predicted octanol–water partition coefficient (Wildman–Crippen LogP) is 2.87. The van der Waals surface area contributed by atoms with E-state index >= 15 is 0 Å². The van der Waals surface area contributed by atoms with E-state index in [4.69, 9.17) is 10.1 Å². The summed E-state index contributed by atoms with van der Waals surface area (Å²) in [4.78, 5) is 35.1. The topological polar surface area (TPSA) is 85.1 Å². The Morgan fingerprint density at radius 1 is 1.32 bits per heavy atom. The Balaban J connectivity index is 1.89. The van der Waals surface area contributed by atoms with Gasteiger partial charge in [0.05, 0.1) is 5.39 Å². The molecule has 7 heteroatoms. The van der Waals surface area contributed by atoms with Crippen LogP contribution in [0.4, 0.5) is 0 Å². The summed E-state index contributed by atoms with van der Waals surface area (Å²) in [6.45, 7) is 0.324. The highest BCUT2D eigenvalue weighted by molar-refractivity contribution is 7.18. The molecular formula is C18H17N3O3S. The quantitative estimate of drug-likeness (QED) is 0.761. The lowest BCUT2D eigenvalue weighted by atomic mass is 10.2. The smallest absolute Gasteiger partial charge is 0.303 e. The minimum Gasteiger partial charge on any atom is -0.481 e. The average molecular weight is 355 g/mol. The number of hydrogen-bond acceptors (Lipinski definition) is 5. The summed E-state index contributed by atoms with van der Waals surface area (Å²) in [5, 5.41) is 9.61. The van der Waals surface area contributed by atoms with E-state index in [0.29, 0.717) is 29.9 Å². The molecule has 6 nitrogen and oxygen atoms in total. The molecule has 3 aromatic heterocycles. The Kier molecular flexibility index (Phi) is 4.09. The van der Waals surface area contributed by atoms with E-state index in [2.05, 4.69) is 4.98 Å². The van der Waals surface area contributed by atoms with Gasteiger partial charge < -0.3 is 5.11 Å². The normalized spacial score (nSPS) is 13.3. The summed E-state index contributed by atoms with van der Waals surface area (Å²) in [6, 6.07) is 5.49. The van der Waals surface area contributed by atoms with Crippen LogP contribution in [0.3, 0.4) is 0 Å². The summed E-state index contributed by atoms with van der Waals surface area (Å²) >= 11 is 1.60. The maximum atomic E-state index is 13.2. The van der Waals surface area contributed by atoms with Gasteiger partial charge in [-0.1, -0.05) is 6.07 Å². The Hall–Kier alpha value is -2.54. The molecular weight excluding hydrogens is 338 g/mol. The zero-order valence-corrected chi connectivity index (χ0v) is 14.4. The third-order valence-electron chi connectivity index (χ3n) is 4.49. The number of aromatic nitrogens is 3. The molecule has 4 rings (SSSR count). The number of carbonyl (C=O) groups is 1. The van der Waals surface area contributed by atoms with Crippen LogP contribution in [0.15, 0.2) is 29.2 Å². The molecule has 0 bridgehead atoms. The van der Waals surface area contributed by atoms with Gasteiger partial charge in [0.25, 0.3) is 5.56 Å². The van der Waals surface area contributed by atoms with Gasteiger partial charge in [-0.05, 0) is 43.4 Å². The van der Waals surface area contributed by atoms with Crippen molar-refractivity contribution in [1.29, 1.82) is 0 Å². The van der Waals surface area contributed by atoms with Crippen LogP contribution in [0.2, 0.25) is 0 Å². The number of rotatable bonds is 5.